The summed E-state index contributed by atoms with van der Waals surface area (Å²) in [6.07, 6.45) is 42.5. The van der Waals surface area contributed by atoms with E-state index >= 15 is 0 Å². The molecule has 0 aliphatic carbocycles. The highest BCUT2D eigenvalue weighted by atomic mass is 16.5. The Balaban J connectivity index is 0. The number of ether oxygens (including phenoxy) is 1. The van der Waals surface area contributed by atoms with Crippen LogP contribution in [-0.2, 0) is 14.3 Å². The summed E-state index contributed by atoms with van der Waals surface area (Å²) in [7, 11) is 0. The van der Waals surface area contributed by atoms with Crippen LogP contribution in [0.5, 0.6) is 0 Å². The van der Waals surface area contributed by atoms with Crippen molar-refractivity contribution in [3.8, 4) is 0 Å². The van der Waals surface area contributed by atoms with Gasteiger partial charge in [-0.3, -0.25) is 9.59 Å². The number of carbonyl (C=O) groups excluding carboxylic acids is 1. The van der Waals surface area contributed by atoms with E-state index in [2.05, 4.69) is 48.5 Å². The Kier molecular flexibility index (Phi) is 43.5. The van der Waals surface area contributed by atoms with E-state index in [-0.39, 0.29) is 23.9 Å². The summed E-state index contributed by atoms with van der Waals surface area (Å²) < 4.78 is 6.31. The van der Waals surface area contributed by atoms with E-state index in [1.807, 2.05) is 0 Å². The number of rotatable bonds is 39. The minimum absolute atomic E-state index is 0.0898. The molecule has 0 rings (SSSR count). The van der Waals surface area contributed by atoms with E-state index in [0.29, 0.717) is 0 Å². The number of carbonyl (C=O) groups is 2. The van der Waals surface area contributed by atoms with Crippen molar-refractivity contribution in [2.24, 2.45) is 17.8 Å². The molecule has 0 saturated heterocycles. The van der Waals surface area contributed by atoms with E-state index in [9.17, 15) is 14.7 Å². The van der Waals surface area contributed by atoms with Crippen LogP contribution in [0, 0.1) is 17.8 Å². The topological polar surface area (TPSA) is 63.6 Å². The average molecular weight is 737 g/mol. The average Bonchev–Trinajstić information content (AvgIpc) is 3.14. The van der Waals surface area contributed by atoms with Crippen molar-refractivity contribution in [1.29, 1.82) is 0 Å². The lowest BCUT2D eigenvalue weighted by Crippen LogP contribution is -2.25. The second-order valence-electron chi connectivity index (χ2n) is 16.4. The van der Waals surface area contributed by atoms with Gasteiger partial charge < -0.3 is 9.84 Å². The van der Waals surface area contributed by atoms with Gasteiger partial charge in [-0.05, 0) is 57.3 Å². The molecule has 0 fully saturated rings. The fourth-order valence-electron chi connectivity index (χ4n) is 7.54. The number of esters is 1. The molecule has 0 radical (unpaired) electrons. The van der Waals surface area contributed by atoms with Gasteiger partial charge in [0.15, 0.2) is 0 Å². The molecule has 0 amide bonds. The molecule has 4 heteroatoms. The van der Waals surface area contributed by atoms with Crippen molar-refractivity contribution in [2.75, 3.05) is 0 Å². The van der Waals surface area contributed by atoms with Crippen molar-refractivity contribution >= 4 is 11.9 Å². The summed E-state index contributed by atoms with van der Waals surface area (Å²) in [5, 5.41) is 9.17. The standard InChI is InChI=1S/C32H64O2.C16H32O2/c1-6-11-15-18-19-21-25-30(24-20-16-12-7-2)32(33)34-31(26-22-17-13-8-3)28-27-29(10-5)23-14-9-4;1-3-5-7-9-10-12-14-15(16(17)18)13-11-8-6-4-2/h29-31H,6-28H2,1-5H3;15H,3-14H2,1-2H3,(H,17,18). The molecule has 0 aromatic heterocycles. The van der Waals surface area contributed by atoms with Crippen LogP contribution in [0.15, 0.2) is 0 Å². The van der Waals surface area contributed by atoms with E-state index in [1.165, 1.54) is 173 Å². The van der Waals surface area contributed by atoms with Crippen LogP contribution in [0.2, 0.25) is 0 Å². The molecule has 0 aromatic carbocycles. The van der Waals surface area contributed by atoms with Gasteiger partial charge >= 0.3 is 11.9 Å². The maximum Gasteiger partial charge on any atom is 0.309 e. The minimum atomic E-state index is -0.583. The maximum atomic E-state index is 13.3. The first kappa shape index (κ1) is 53.0. The molecule has 4 atom stereocenters. The summed E-state index contributed by atoms with van der Waals surface area (Å²) in [4.78, 5) is 24.5. The first-order chi connectivity index (χ1) is 25.3. The van der Waals surface area contributed by atoms with E-state index in [1.54, 1.807) is 0 Å². The third-order valence-electron chi connectivity index (χ3n) is 11.4. The van der Waals surface area contributed by atoms with Gasteiger partial charge in [-0.1, -0.05) is 222 Å². The van der Waals surface area contributed by atoms with E-state index in [4.69, 9.17) is 4.74 Å². The Labute approximate surface area is 327 Å². The summed E-state index contributed by atoms with van der Waals surface area (Å²) in [6, 6.07) is 0. The highest BCUT2D eigenvalue weighted by Crippen LogP contribution is 2.26. The quantitative estimate of drug-likeness (QED) is 0.0504. The molecule has 4 nitrogen and oxygen atoms in total. The number of hydrogen-bond acceptors (Lipinski definition) is 3. The fourth-order valence-corrected chi connectivity index (χ4v) is 7.54. The molecule has 0 bridgehead atoms. The van der Waals surface area contributed by atoms with Crippen LogP contribution < -0.4 is 0 Å². The van der Waals surface area contributed by atoms with E-state index < -0.39 is 5.97 Å². The van der Waals surface area contributed by atoms with Crippen molar-refractivity contribution in [2.45, 2.75) is 279 Å². The molecule has 52 heavy (non-hydrogen) atoms. The van der Waals surface area contributed by atoms with Crippen molar-refractivity contribution in [1.82, 2.24) is 0 Å². The monoisotopic (exact) mass is 737 g/mol. The van der Waals surface area contributed by atoms with Crippen molar-refractivity contribution in [3.63, 3.8) is 0 Å². The molecular formula is C48H96O4. The van der Waals surface area contributed by atoms with Crippen LogP contribution in [-0.4, -0.2) is 23.1 Å². The maximum absolute atomic E-state index is 13.3. The van der Waals surface area contributed by atoms with Gasteiger partial charge in [0, 0.05) is 0 Å². The molecular weight excluding hydrogens is 641 g/mol. The minimum Gasteiger partial charge on any atom is -0.481 e. The normalized spacial score (nSPS) is 13.6. The SMILES string of the molecule is CCCCCCCCC(CCCCCC)C(=O)O.CCCCCCCCC(CCCCCC)C(=O)OC(CCCCCC)CCC(CC)CCCC. The highest BCUT2D eigenvalue weighted by molar-refractivity contribution is 5.72. The zero-order valence-electron chi connectivity index (χ0n) is 36.7. The predicted octanol–water partition coefficient (Wildman–Crippen LogP) is 16.6. The molecule has 0 saturated carbocycles. The van der Waals surface area contributed by atoms with Gasteiger partial charge in [0.2, 0.25) is 0 Å². The van der Waals surface area contributed by atoms with Crippen molar-refractivity contribution in [3.05, 3.63) is 0 Å². The molecule has 4 unspecified atom stereocenters. The van der Waals surface area contributed by atoms with Crippen LogP contribution in [0.4, 0.5) is 0 Å². The van der Waals surface area contributed by atoms with Gasteiger partial charge in [0.1, 0.15) is 6.10 Å². The second kappa shape index (κ2) is 42.7. The Morgan fingerprint density at radius 1 is 0.385 bits per heavy atom. The Morgan fingerprint density at radius 2 is 0.731 bits per heavy atom. The van der Waals surface area contributed by atoms with Crippen molar-refractivity contribution < 1.29 is 19.4 Å². The number of hydrogen-bond donors (Lipinski definition) is 1. The van der Waals surface area contributed by atoms with Crippen LogP contribution in [0.1, 0.15) is 273 Å². The van der Waals surface area contributed by atoms with Gasteiger partial charge in [0.25, 0.3) is 0 Å². The van der Waals surface area contributed by atoms with Gasteiger partial charge in [-0.15, -0.1) is 0 Å². The van der Waals surface area contributed by atoms with Gasteiger partial charge in [-0.25, -0.2) is 0 Å². The summed E-state index contributed by atoms with van der Waals surface area (Å²) in [5.41, 5.74) is 0. The number of carboxylic acid groups (broad SMARTS) is 1. The summed E-state index contributed by atoms with van der Waals surface area (Å²) in [6.45, 7) is 15.8. The lowest BCUT2D eigenvalue weighted by atomic mass is 9.91. The Morgan fingerprint density at radius 3 is 1.12 bits per heavy atom. The lowest BCUT2D eigenvalue weighted by Gasteiger charge is -2.24. The van der Waals surface area contributed by atoms with Gasteiger partial charge in [0.05, 0.1) is 11.8 Å². The fraction of sp³-hybridized carbons (Fsp3) is 0.958. The molecule has 1 N–H and O–H groups in total. The number of unbranched alkanes of at least 4 members (excludes halogenated alkanes) is 20. The van der Waals surface area contributed by atoms with Crippen LogP contribution >= 0.6 is 0 Å². The predicted molar refractivity (Wildman–Crippen MR) is 229 cm³/mol. The first-order valence-corrected chi connectivity index (χ1v) is 23.8. The van der Waals surface area contributed by atoms with Crippen LogP contribution in [0.25, 0.3) is 0 Å². The number of carboxylic acids is 1. The third-order valence-corrected chi connectivity index (χ3v) is 11.4. The first-order valence-electron chi connectivity index (χ1n) is 23.8. The van der Waals surface area contributed by atoms with Crippen LogP contribution in [0.3, 0.4) is 0 Å². The molecule has 0 aliphatic rings. The summed E-state index contributed by atoms with van der Waals surface area (Å²) in [5.74, 6) is 0.383. The van der Waals surface area contributed by atoms with E-state index in [0.717, 1.165) is 57.3 Å². The van der Waals surface area contributed by atoms with Gasteiger partial charge in [-0.2, -0.15) is 0 Å². The largest absolute Gasteiger partial charge is 0.481 e. The molecule has 0 spiro atoms. The second-order valence-corrected chi connectivity index (χ2v) is 16.4. The smallest absolute Gasteiger partial charge is 0.309 e. The Hall–Kier alpha value is -1.06. The molecule has 312 valence electrons. The molecule has 0 aliphatic heterocycles. The molecule has 0 heterocycles. The third kappa shape index (κ3) is 35.9. The lowest BCUT2D eigenvalue weighted by molar-refractivity contribution is -0.155. The number of aliphatic carboxylic acids is 1. The highest BCUT2D eigenvalue weighted by Gasteiger charge is 2.24. The zero-order chi connectivity index (χ0) is 38.9. The zero-order valence-corrected chi connectivity index (χ0v) is 36.7. The summed E-state index contributed by atoms with van der Waals surface area (Å²) >= 11 is 0. The Bertz CT molecular complexity index is 721. The molecule has 0 aromatic rings.